The Bertz CT molecular complexity index is 902. The first-order chi connectivity index (χ1) is 12.6. The molecule has 0 aliphatic carbocycles. The molecular formula is C21H25Cl2N3. The number of nitrogens with zero attached hydrogens (tertiary/aromatic N) is 2. The van der Waals surface area contributed by atoms with Crippen molar-refractivity contribution < 1.29 is 0 Å². The second-order valence-corrected chi connectivity index (χ2v) is 7.55. The number of hydrogen-bond donors (Lipinski definition) is 1. The molecule has 0 aliphatic heterocycles. The Hall–Kier alpha value is -1.71. The lowest BCUT2D eigenvalue weighted by Gasteiger charge is -2.11. The lowest BCUT2D eigenvalue weighted by atomic mass is 10.0. The van der Waals surface area contributed by atoms with Gasteiger partial charge in [-0.05, 0) is 43.2 Å². The summed E-state index contributed by atoms with van der Waals surface area (Å²) < 4.78 is 2.01. The van der Waals surface area contributed by atoms with Crippen molar-refractivity contribution >= 4 is 34.4 Å². The molecule has 5 heteroatoms. The highest BCUT2D eigenvalue weighted by Gasteiger charge is 2.20. The third kappa shape index (κ3) is 3.70. The lowest BCUT2D eigenvalue weighted by Crippen LogP contribution is -2.04. The van der Waals surface area contributed by atoms with Crippen molar-refractivity contribution in [3.8, 4) is 11.3 Å². The molecule has 1 aromatic carbocycles. The summed E-state index contributed by atoms with van der Waals surface area (Å²) in [5.41, 5.74) is 5.25. The summed E-state index contributed by atoms with van der Waals surface area (Å²) in [4.78, 5) is 0. The van der Waals surface area contributed by atoms with Crippen LogP contribution in [0.15, 0.2) is 36.4 Å². The van der Waals surface area contributed by atoms with E-state index >= 15 is 0 Å². The van der Waals surface area contributed by atoms with Crippen LogP contribution in [-0.4, -0.2) is 16.2 Å². The second kappa shape index (κ2) is 8.32. The fourth-order valence-corrected chi connectivity index (χ4v) is 3.84. The van der Waals surface area contributed by atoms with Gasteiger partial charge in [-0.2, -0.15) is 5.10 Å². The summed E-state index contributed by atoms with van der Waals surface area (Å²) in [5, 5.41) is 9.84. The minimum atomic E-state index is 0.396. The number of benzene rings is 1. The van der Waals surface area contributed by atoms with E-state index in [0.29, 0.717) is 16.0 Å². The van der Waals surface area contributed by atoms with Gasteiger partial charge in [0, 0.05) is 23.0 Å². The van der Waals surface area contributed by atoms with Crippen molar-refractivity contribution in [2.45, 2.75) is 46.0 Å². The van der Waals surface area contributed by atoms with Crippen molar-refractivity contribution in [2.24, 2.45) is 0 Å². The molecule has 0 spiro atoms. The maximum atomic E-state index is 6.47. The molecule has 3 aromatic rings. The standard InChI is InChI=1S/C21H25Cl2N3/c1-4-7-14(3)20-21(24-12-5-2)19-9-6-8-18(26(19)25-20)16-11-10-15(22)13-17(16)23/h6,8-11,13-14,24H,4-5,7,12H2,1-3H3. The van der Waals surface area contributed by atoms with Gasteiger partial charge in [0.05, 0.1) is 27.6 Å². The maximum Gasteiger partial charge on any atom is 0.0903 e. The minimum absolute atomic E-state index is 0.396. The van der Waals surface area contributed by atoms with Gasteiger partial charge in [-0.1, -0.05) is 56.5 Å². The second-order valence-electron chi connectivity index (χ2n) is 6.71. The average Bonchev–Trinajstić information content (AvgIpc) is 2.99. The summed E-state index contributed by atoms with van der Waals surface area (Å²) in [6.45, 7) is 7.56. The van der Waals surface area contributed by atoms with Gasteiger partial charge in [-0.3, -0.25) is 0 Å². The Labute approximate surface area is 165 Å². The average molecular weight is 390 g/mol. The first kappa shape index (κ1) is 19.1. The monoisotopic (exact) mass is 389 g/mol. The number of rotatable bonds is 7. The van der Waals surface area contributed by atoms with Crippen LogP contribution in [0.5, 0.6) is 0 Å². The van der Waals surface area contributed by atoms with Gasteiger partial charge < -0.3 is 5.32 Å². The van der Waals surface area contributed by atoms with E-state index in [2.05, 4.69) is 38.2 Å². The van der Waals surface area contributed by atoms with E-state index in [4.69, 9.17) is 28.3 Å². The fraction of sp³-hybridized carbons (Fsp3) is 0.381. The molecule has 0 amide bonds. The molecule has 0 bridgehead atoms. The normalized spacial score (nSPS) is 12.5. The zero-order valence-electron chi connectivity index (χ0n) is 15.5. The molecule has 3 nitrogen and oxygen atoms in total. The summed E-state index contributed by atoms with van der Waals surface area (Å²) in [7, 11) is 0. The van der Waals surface area contributed by atoms with Crippen LogP contribution >= 0.6 is 23.2 Å². The maximum absolute atomic E-state index is 6.47. The van der Waals surface area contributed by atoms with E-state index < -0.39 is 0 Å². The molecule has 1 unspecified atom stereocenters. The molecule has 0 aliphatic rings. The molecule has 0 saturated heterocycles. The largest absolute Gasteiger partial charge is 0.382 e. The van der Waals surface area contributed by atoms with E-state index in [1.165, 1.54) is 0 Å². The summed E-state index contributed by atoms with van der Waals surface area (Å²) in [6.07, 6.45) is 3.32. The Morgan fingerprint density at radius 2 is 1.92 bits per heavy atom. The first-order valence-corrected chi connectivity index (χ1v) is 10.0. The smallest absolute Gasteiger partial charge is 0.0903 e. The number of pyridine rings is 1. The molecule has 1 atom stereocenters. The van der Waals surface area contributed by atoms with Gasteiger partial charge in [0.2, 0.25) is 0 Å². The van der Waals surface area contributed by atoms with Crippen molar-refractivity contribution in [1.29, 1.82) is 0 Å². The van der Waals surface area contributed by atoms with E-state index in [9.17, 15) is 0 Å². The molecule has 0 saturated carbocycles. The van der Waals surface area contributed by atoms with Crippen LogP contribution in [0.25, 0.3) is 16.8 Å². The highest BCUT2D eigenvalue weighted by molar-refractivity contribution is 6.36. The third-order valence-electron chi connectivity index (χ3n) is 4.63. The third-order valence-corrected chi connectivity index (χ3v) is 5.18. The van der Waals surface area contributed by atoms with Crippen molar-refractivity contribution in [1.82, 2.24) is 9.61 Å². The number of halogens is 2. The van der Waals surface area contributed by atoms with Crippen LogP contribution in [0, 0.1) is 0 Å². The van der Waals surface area contributed by atoms with Gasteiger partial charge in [-0.25, -0.2) is 4.52 Å². The predicted molar refractivity (Wildman–Crippen MR) is 113 cm³/mol. The van der Waals surface area contributed by atoms with E-state index in [-0.39, 0.29) is 0 Å². The number of fused-ring (bicyclic) bond motifs is 1. The van der Waals surface area contributed by atoms with Crippen molar-refractivity contribution in [2.75, 3.05) is 11.9 Å². The van der Waals surface area contributed by atoms with Crippen molar-refractivity contribution in [3.63, 3.8) is 0 Å². The van der Waals surface area contributed by atoms with Crippen LogP contribution in [0.3, 0.4) is 0 Å². The minimum Gasteiger partial charge on any atom is -0.382 e. The highest BCUT2D eigenvalue weighted by atomic mass is 35.5. The number of anilines is 1. The van der Waals surface area contributed by atoms with Crippen LogP contribution in [-0.2, 0) is 0 Å². The zero-order chi connectivity index (χ0) is 18.7. The first-order valence-electron chi connectivity index (χ1n) is 9.27. The summed E-state index contributed by atoms with van der Waals surface area (Å²) in [5.74, 6) is 0.396. The quantitative estimate of drug-likeness (QED) is 0.469. The van der Waals surface area contributed by atoms with Crippen LogP contribution < -0.4 is 5.32 Å². The van der Waals surface area contributed by atoms with Crippen LogP contribution in [0.4, 0.5) is 5.69 Å². The Balaban J connectivity index is 2.20. The molecule has 26 heavy (non-hydrogen) atoms. The summed E-state index contributed by atoms with van der Waals surface area (Å²) in [6, 6.07) is 11.8. The molecule has 2 heterocycles. The fourth-order valence-electron chi connectivity index (χ4n) is 3.33. The van der Waals surface area contributed by atoms with Crippen LogP contribution in [0.2, 0.25) is 10.0 Å². The number of aromatic nitrogens is 2. The van der Waals surface area contributed by atoms with Gasteiger partial charge in [0.1, 0.15) is 0 Å². The molecular weight excluding hydrogens is 365 g/mol. The Kier molecular flexibility index (Phi) is 6.10. The van der Waals surface area contributed by atoms with Crippen molar-refractivity contribution in [3.05, 3.63) is 52.1 Å². The molecule has 3 rings (SSSR count). The van der Waals surface area contributed by atoms with Gasteiger partial charge >= 0.3 is 0 Å². The van der Waals surface area contributed by atoms with E-state index in [1.807, 2.05) is 22.7 Å². The SMILES string of the molecule is CCCNc1c(C(C)CCC)nn2c(-c3ccc(Cl)cc3Cl)cccc12. The molecule has 1 N–H and O–H groups in total. The van der Waals surface area contributed by atoms with Gasteiger partial charge in [0.15, 0.2) is 0 Å². The van der Waals surface area contributed by atoms with E-state index in [1.54, 1.807) is 6.07 Å². The topological polar surface area (TPSA) is 29.3 Å². The number of nitrogens with one attached hydrogen (secondary N) is 1. The highest BCUT2D eigenvalue weighted by Crippen LogP contribution is 2.35. The number of hydrogen-bond acceptors (Lipinski definition) is 2. The van der Waals surface area contributed by atoms with Gasteiger partial charge in [0.25, 0.3) is 0 Å². The predicted octanol–water partition coefficient (Wildman–Crippen LogP) is 7.03. The lowest BCUT2D eigenvalue weighted by molar-refractivity contribution is 0.641. The van der Waals surface area contributed by atoms with Crippen LogP contribution in [0.1, 0.15) is 51.6 Å². The van der Waals surface area contributed by atoms with Gasteiger partial charge in [-0.15, -0.1) is 0 Å². The molecule has 2 aromatic heterocycles. The summed E-state index contributed by atoms with van der Waals surface area (Å²) >= 11 is 12.5. The molecule has 0 radical (unpaired) electrons. The molecule has 138 valence electrons. The van der Waals surface area contributed by atoms with E-state index in [0.717, 1.165) is 54.0 Å². The molecule has 0 fully saturated rings. The Morgan fingerprint density at radius 3 is 2.62 bits per heavy atom. The zero-order valence-corrected chi connectivity index (χ0v) is 17.0. The Morgan fingerprint density at radius 1 is 1.12 bits per heavy atom.